The summed E-state index contributed by atoms with van der Waals surface area (Å²) in [6, 6.07) is 19.2. The van der Waals surface area contributed by atoms with Crippen molar-refractivity contribution in [1.29, 1.82) is 0 Å². The second-order valence-corrected chi connectivity index (χ2v) is 6.24. The molecule has 0 radical (unpaired) electrons. The van der Waals surface area contributed by atoms with Crippen molar-refractivity contribution < 1.29 is 4.79 Å². The highest BCUT2D eigenvalue weighted by Gasteiger charge is 2.10. The van der Waals surface area contributed by atoms with E-state index in [4.69, 9.17) is 11.6 Å². The lowest BCUT2D eigenvalue weighted by molar-refractivity contribution is 0.102. The van der Waals surface area contributed by atoms with Crippen LogP contribution in [-0.4, -0.2) is 5.91 Å². The van der Waals surface area contributed by atoms with Gasteiger partial charge in [0, 0.05) is 14.3 Å². The van der Waals surface area contributed by atoms with Gasteiger partial charge in [0.2, 0.25) is 0 Å². The minimum Gasteiger partial charge on any atom is -0.322 e. The summed E-state index contributed by atoms with van der Waals surface area (Å²) in [5.41, 5.74) is 1.40. The van der Waals surface area contributed by atoms with Gasteiger partial charge in [-0.2, -0.15) is 0 Å². The van der Waals surface area contributed by atoms with Gasteiger partial charge < -0.3 is 5.32 Å². The molecule has 3 aromatic rings. The molecule has 0 aliphatic carbocycles. The highest BCUT2D eigenvalue weighted by Crippen LogP contribution is 2.22. The lowest BCUT2D eigenvalue weighted by atomic mass is 10.1. The Hall–Kier alpha value is -1.59. The first-order chi connectivity index (χ1) is 10.1. The summed E-state index contributed by atoms with van der Waals surface area (Å²) in [7, 11) is 0. The van der Waals surface area contributed by atoms with Crippen LogP contribution in [0.2, 0.25) is 5.02 Å². The number of carbonyl (C=O) groups is 1. The third kappa shape index (κ3) is 3.19. The molecule has 1 N–H and O–H groups in total. The van der Waals surface area contributed by atoms with E-state index in [-0.39, 0.29) is 5.91 Å². The molecular weight excluding hydrogens is 397 g/mol. The summed E-state index contributed by atoms with van der Waals surface area (Å²) in [5.74, 6) is -0.133. The summed E-state index contributed by atoms with van der Waals surface area (Å²) in [6.45, 7) is 0. The first-order valence-corrected chi connectivity index (χ1v) is 7.84. The number of fused-ring (bicyclic) bond motifs is 1. The van der Waals surface area contributed by atoms with Crippen molar-refractivity contribution in [1.82, 2.24) is 0 Å². The van der Waals surface area contributed by atoms with E-state index in [2.05, 4.69) is 27.9 Å². The molecule has 0 aliphatic rings. The second kappa shape index (κ2) is 6.03. The molecule has 0 unspecified atom stereocenters. The molecule has 104 valence electrons. The van der Waals surface area contributed by atoms with E-state index in [1.54, 1.807) is 18.2 Å². The Labute approximate surface area is 141 Å². The molecule has 0 heterocycles. The standard InChI is InChI=1S/C17H11ClINO/c18-13-6-8-15(16(19)10-13)17(21)20-14-7-5-11-3-1-2-4-12(11)9-14/h1-10H,(H,20,21). The molecule has 4 heteroatoms. The van der Waals surface area contributed by atoms with Crippen LogP contribution < -0.4 is 5.32 Å². The lowest BCUT2D eigenvalue weighted by Crippen LogP contribution is -2.13. The smallest absolute Gasteiger partial charge is 0.256 e. The van der Waals surface area contributed by atoms with Crippen molar-refractivity contribution in [2.24, 2.45) is 0 Å². The molecule has 0 saturated carbocycles. The SMILES string of the molecule is O=C(Nc1ccc2ccccc2c1)c1ccc(Cl)cc1I. The zero-order valence-corrected chi connectivity index (χ0v) is 13.9. The third-order valence-corrected chi connectivity index (χ3v) is 4.31. The maximum Gasteiger partial charge on any atom is 0.256 e. The van der Waals surface area contributed by atoms with Gasteiger partial charge in [-0.05, 0) is 63.7 Å². The highest BCUT2D eigenvalue weighted by atomic mass is 127. The van der Waals surface area contributed by atoms with E-state index in [9.17, 15) is 4.79 Å². The zero-order valence-electron chi connectivity index (χ0n) is 10.9. The fourth-order valence-corrected chi connectivity index (χ4v) is 3.26. The van der Waals surface area contributed by atoms with Gasteiger partial charge in [-0.25, -0.2) is 0 Å². The molecule has 3 rings (SSSR count). The molecule has 0 aromatic heterocycles. The number of rotatable bonds is 2. The van der Waals surface area contributed by atoms with Crippen molar-refractivity contribution in [3.63, 3.8) is 0 Å². The summed E-state index contributed by atoms with van der Waals surface area (Å²) >= 11 is 8.02. The van der Waals surface area contributed by atoms with Gasteiger partial charge in [0.25, 0.3) is 5.91 Å². The lowest BCUT2D eigenvalue weighted by Gasteiger charge is -2.08. The van der Waals surface area contributed by atoms with Crippen LogP contribution in [0.3, 0.4) is 0 Å². The van der Waals surface area contributed by atoms with Gasteiger partial charge in [-0.1, -0.05) is 41.9 Å². The van der Waals surface area contributed by atoms with Gasteiger partial charge >= 0.3 is 0 Å². The van der Waals surface area contributed by atoms with Gasteiger partial charge in [0.15, 0.2) is 0 Å². The number of carbonyl (C=O) groups excluding carboxylic acids is 1. The predicted octanol–water partition coefficient (Wildman–Crippen LogP) is 5.35. The largest absolute Gasteiger partial charge is 0.322 e. The summed E-state index contributed by atoms with van der Waals surface area (Å²) in [6.07, 6.45) is 0. The summed E-state index contributed by atoms with van der Waals surface area (Å²) in [5, 5.41) is 5.80. The molecule has 0 fully saturated rings. The van der Waals surface area contributed by atoms with Crippen molar-refractivity contribution >= 4 is 56.6 Å². The Bertz CT molecular complexity index is 832. The monoisotopic (exact) mass is 407 g/mol. The van der Waals surface area contributed by atoms with Crippen molar-refractivity contribution in [3.05, 3.63) is 74.8 Å². The molecular formula is C17H11ClINO. The van der Waals surface area contributed by atoms with Crippen molar-refractivity contribution in [3.8, 4) is 0 Å². The van der Waals surface area contributed by atoms with Gasteiger partial charge in [-0.3, -0.25) is 4.79 Å². The molecule has 1 amide bonds. The number of hydrogen-bond donors (Lipinski definition) is 1. The first kappa shape index (κ1) is 14.4. The molecule has 21 heavy (non-hydrogen) atoms. The number of anilines is 1. The van der Waals surface area contributed by atoms with Gasteiger partial charge in [0.1, 0.15) is 0 Å². The van der Waals surface area contributed by atoms with E-state index in [1.165, 1.54) is 0 Å². The van der Waals surface area contributed by atoms with Crippen LogP contribution in [0.4, 0.5) is 5.69 Å². The van der Waals surface area contributed by atoms with E-state index in [0.29, 0.717) is 10.6 Å². The molecule has 0 saturated heterocycles. The maximum absolute atomic E-state index is 12.3. The van der Waals surface area contributed by atoms with Crippen LogP contribution >= 0.6 is 34.2 Å². The van der Waals surface area contributed by atoms with E-state index >= 15 is 0 Å². The Balaban J connectivity index is 1.89. The minimum atomic E-state index is -0.133. The Morgan fingerprint density at radius 3 is 2.48 bits per heavy atom. The van der Waals surface area contributed by atoms with E-state index < -0.39 is 0 Å². The Morgan fingerprint density at radius 1 is 0.952 bits per heavy atom. The number of halogens is 2. The Morgan fingerprint density at radius 2 is 1.71 bits per heavy atom. The van der Waals surface area contributed by atoms with Crippen LogP contribution in [0.15, 0.2) is 60.7 Å². The van der Waals surface area contributed by atoms with Crippen LogP contribution in [0.1, 0.15) is 10.4 Å². The topological polar surface area (TPSA) is 29.1 Å². The zero-order chi connectivity index (χ0) is 14.8. The second-order valence-electron chi connectivity index (χ2n) is 4.64. The average Bonchev–Trinajstić information content (AvgIpc) is 2.47. The molecule has 2 nitrogen and oxygen atoms in total. The number of amides is 1. The molecule has 0 bridgehead atoms. The van der Waals surface area contributed by atoms with Crippen LogP contribution in [-0.2, 0) is 0 Å². The first-order valence-electron chi connectivity index (χ1n) is 6.39. The van der Waals surface area contributed by atoms with Gasteiger partial charge in [-0.15, -0.1) is 0 Å². The van der Waals surface area contributed by atoms with E-state index in [1.807, 2.05) is 42.5 Å². The Kier molecular flexibility index (Phi) is 4.12. The number of nitrogens with one attached hydrogen (secondary N) is 1. The molecule has 0 spiro atoms. The average molecular weight is 408 g/mol. The molecule has 3 aromatic carbocycles. The fraction of sp³-hybridized carbons (Fsp3) is 0. The quantitative estimate of drug-likeness (QED) is 0.570. The molecule has 0 aliphatic heterocycles. The van der Waals surface area contributed by atoms with E-state index in [0.717, 1.165) is 20.0 Å². The summed E-state index contributed by atoms with van der Waals surface area (Å²) < 4.78 is 0.832. The third-order valence-electron chi connectivity index (χ3n) is 3.18. The van der Waals surface area contributed by atoms with Crippen molar-refractivity contribution in [2.45, 2.75) is 0 Å². The normalized spacial score (nSPS) is 10.6. The highest BCUT2D eigenvalue weighted by molar-refractivity contribution is 14.1. The number of hydrogen-bond acceptors (Lipinski definition) is 1. The minimum absolute atomic E-state index is 0.133. The van der Waals surface area contributed by atoms with Gasteiger partial charge in [0.05, 0.1) is 5.56 Å². The molecule has 0 atom stereocenters. The predicted molar refractivity (Wildman–Crippen MR) is 96.1 cm³/mol. The van der Waals surface area contributed by atoms with Crippen LogP contribution in [0.25, 0.3) is 10.8 Å². The summed E-state index contributed by atoms with van der Waals surface area (Å²) in [4.78, 5) is 12.3. The van der Waals surface area contributed by atoms with Crippen molar-refractivity contribution in [2.75, 3.05) is 5.32 Å². The van der Waals surface area contributed by atoms with Crippen LogP contribution in [0, 0.1) is 3.57 Å². The fourth-order valence-electron chi connectivity index (χ4n) is 2.14. The van der Waals surface area contributed by atoms with Crippen LogP contribution in [0.5, 0.6) is 0 Å². The number of benzene rings is 3. The maximum atomic E-state index is 12.3.